The van der Waals surface area contributed by atoms with Gasteiger partial charge in [-0.15, -0.1) is 24.0 Å². The molecule has 7 nitrogen and oxygen atoms in total. The lowest BCUT2D eigenvalue weighted by Crippen LogP contribution is -2.44. The normalized spacial score (nSPS) is 16.2. The molecule has 0 spiro atoms. The van der Waals surface area contributed by atoms with Gasteiger partial charge in [-0.05, 0) is 45.2 Å². The largest absolute Gasteiger partial charge is 0.466 e. The molecular weight excluding hydrogens is 500 g/mol. The molecular formula is C21H35FIN5O2. The van der Waals surface area contributed by atoms with Crippen LogP contribution in [0.2, 0.25) is 0 Å². The summed E-state index contributed by atoms with van der Waals surface area (Å²) in [7, 11) is 0. The molecule has 2 heterocycles. The van der Waals surface area contributed by atoms with Crippen molar-refractivity contribution in [2.24, 2.45) is 4.99 Å². The lowest BCUT2D eigenvalue weighted by molar-refractivity contribution is -0.143. The Morgan fingerprint density at radius 2 is 2.13 bits per heavy atom. The number of carbonyl (C=O) groups excluding carboxylic acids is 1. The van der Waals surface area contributed by atoms with Gasteiger partial charge in [-0.2, -0.15) is 0 Å². The van der Waals surface area contributed by atoms with Crippen LogP contribution in [0.3, 0.4) is 0 Å². The highest BCUT2D eigenvalue weighted by Crippen LogP contribution is 2.20. The highest BCUT2D eigenvalue weighted by atomic mass is 127. The van der Waals surface area contributed by atoms with Crippen molar-refractivity contribution in [2.75, 3.05) is 37.7 Å². The first kappa shape index (κ1) is 26.4. The first-order chi connectivity index (χ1) is 14.1. The average Bonchev–Trinajstić information content (AvgIpc) is 3.16. The Balaban J connectivity index is 0.00000450. The van der Waals surface area contributed by atoms with Crippen LogP contribution in [-0.4, -0.2) is 55.7 Å². The van der Waals surface area contributed by atoms with E-state index in [9.17, 15) is 9.18 Å². The minimum Gasteiger partial charge on any atom is -0.466 e. The summed E-state index contributed by atoms with van der Waals surface area (Å²) in [5.41, 5.74) is 0. The molecule has 1 aromatic heterocycles. The zero-order chi connectivity index (χ0) is 20.9. The first-order valence-electron chi connectivity index (χ1n) is 10.7. The van der Waals surface area contributed by atoms with Crippen LogP contribution in [0.15, 0.2) is 23.3 Å². The number of hydrogen-bond acceptors (Lipinski definition) is 5. The molecule has 1 unspecified atom stereocenters. The van der Waals surface area contributed by atoms with Crippen molar-refractivity contribution in [3.05, 3.63) is 24.1 Å². The van der Waals surface area contributed by atoms with Gasteiger partial charge in [0.25, 0.3) is 0 Å². The highest BCUT2D eigenvalue weighted by molar-refractivity contribution is 14.0. The van der Waals surface area contributed by atoms with Crippen molar-refractivity contribution in [3.8, 4) is 0 Å². The Labute approximate surface area is 196 Å². The van der Waals surface area contributed by atoms with Crippen LogP contribution < -0.4 is 15.5 Å². The SMILES string of the molecule is CCNC(=NCCCCCCC(=O)OCC)NC1CCN(c2ncccc2F)C1.I. The summed E-state index contributed by atoms with van der Waals surface area (Å²) in [6.07, 6.45) is 6.92. The quantitative estimate of drug-likeness (QED) is 0.149. The monoisotopic (exact) mass is 535 g/mol. The summed E-state index contributed by atoms with van der Waals surface area (Å²) in [6, 6.07) is 3.26. The van der Waals surface area contributed by atoms with E-state index in [0.717, 1.165) is 57.7 Å². The topological polar surface area (TPSA) is 78.8 Å². The van der Waals surface area contributed by atoms with E-state index in [0.29, 0.717) is 25.4 Å². The Kier molecular flexibility index (Phi) is 13.4. The predicted octanol–water partition coefficient (Wildman–Crippen LogP) is 3.49. The Hall–Kier alpha value is -1.65. The maximum Gasteiger partial charge on any atom is 0.305 e. The molecule has 1 saturated heterocycles. The molecule has 0 radical (unpaired) electrons. The molecule has 1 aromatic rings. The third kappa shape index (κ3) is 9.44. The molecule has 1 aliphatic rings. The van der Waals surface area contributed by atoms with Gasteiger partial charge in [-0.25, -0.2) is 9.37 Å². The number of anilines is 1. The number of hydrogen-bond donors (Lipinski definition) is 2. The fourth-order valence-electron chi connectivity index (χ4n) is 3.35. The molecule has 1 atom stereocenters. The van der Waals surface area contributed by atoms with E-state index < -0.39 is 0 Å². The van der Waals surface area contributed by atoms with E-state index >= 15 is 0 Å². The molecule has 9 heteroatoms. The molecule has 0 aromatic carbocycles. The second-order valence-corrected chi connectivity index (χ2v) is 7.11. The van der Waals surface area contributed by atoms with Gasteiger partial charge in [0.1, 0.15) is 0 Å². The third-order valence-corrected chi connectivity index (χ3v) is 4.78. The maximum absolute atomic E-state index is 13.9. The molecule has 0 saturated carbocycles. The molecule has 1 aliphatic heterocycles. The minimum atomic E-state index is -0.281. The van der Waals surface area contributed by atoms with Crippen LogP contribution in [0.5, 0.6) is 0 Å². The second kappa shape index (κ2) is 15.2. The van der Waals surface area contributed by atoms with Crippen LogP contribution in [-0.2, 0) is 9.53 Å². The van der Waals surface area contributed by atoms with E-state index in [4.69, 9.17) is 4.74 Å². The summed E-state index contributed by atoms with van der Waals surface area (Å²) in [5, 5.41) is 6.73. The first-order valence-corrected chi connectivity index (χ1v) is 10.7. The highest BCUT2D eigenvalue weighted by Gasteiger charge is 2.25. The van der Waals surface area contributed by atoms with Crippen LogP contribution in [0.4, 0.5) is 10.2 Å². The van der Waals surface area contributed by atoms with E-state index in [1.165, 1.54) is 6.07 Å². The third-order valence-electron chi connectivity index (χ3n) is 4.78. The van der Waals surface area contributed by atoms with Gasteiger partial charge >= 0.3 is 5.97 Å². The maximum atomic E-state index is 13.9. The summed E-state index contributed by atoms with van der Waals surface area (Å²) in [4.78, 5) is 22.1. The number of aromatic nitrogens is 1. The number of nitrogens with one attached hydrogen (secondary N) is 2. The van der Waals surface area contributed by atoms with E-state index in [2.05, 4.69) is 20.6 Å². The lowest BCUT2D eigenvalue weighted by Gasteiger charge is -2.19. The number of halogens is 2. The van der Waals surface area contributed by atoms with Crippen LogP contribution in [0.25, 0.3) is 0 Å². The molecule has 0 aliphatic carbocycles. The van der Waals surface area contributed by atoms with Gasteiger partial charge in [0.05, 0.1) is 6.61 Å². The molecule has 0 amide bonds. The van der Waals surface area contributed by atoms with E-state index in [1.54, 1.807) is 12.3 Å². The van der Waals surface area contributed by atoms with Crippen LogP contribution >= 0.6 is 24.0 Å². The smallest absolute Gasteiger partial charge is 0.305 e. The van der Waals surface area contributed by atoms with Crippen molar-refractivity contribution in [2.45, 2.75) is 58.4 Å². The van der Waals surface area contributed by atoms with Crippen molar-refractivity contribution < 1.29 is 13.9 Å². The number of pyridine rings is 1. The Morgan fingerprint density at radius 1 is 1.33 bits per heavy atom. The van der Waals surface area contributed by atoms with Gasteiger partial charge in [0, 0.05) is 44.8 Å². The van der Waals surface area contributed by atoms with Gasteiger partial charge in [0.2, 0.25) is 0 Å². The van der Waals surface area contributed by atoms with E-state index in [1.807, 2.05) is 18.7 Å². The molecule has 30 heavy (non-hydrogen) atoms. The fourth-order valence-corrected chi connectivity index (χ4v) is 3.35. The number of nitrogens with zero attached hydrogens (tertiary/aromatic N) is 3. The second-order valence-electron chi connectivity index (χ2n) is 7.11. The summed E-state index contributed by atoms with van der Waals surface area (Å²) in [5.74, 6) is 0.825. The molecule has 2 rings (SSSR count). The van der Waals surface area contributed by atoms with Gasteiger partial charge in [0.15, 0.2) is 17.6 Å². The number of ether oxygens (including phenoxy) is 1. The molecule has 2 N–H and O–H groups in total. The summed E-state index contributed by atoms with van der Waals surface area (Å²) >= 11 is 0. The van der Waals surface area contributed by atoms with Crippen molar-refractivity contribution in [1.82, 2.24) is 15.6 Å². The van der Waals surface area contributed by atoms with Crippen molar-refractivity contribution in [3.63, 3.8) is 0 Å². The van der Waals surface area contributed by atoms with Crippen molar-refractivity contribution in [1.29, 1.82) is 0 Å². The van der Waals surface area contributed by atoms with Gasteiger partial charge < -0.3 is 20.3 Å². The number of esters is 1. The van der Waals surface area contributed by atoms with Crippen molar-refractivity contribution >= 4 is 41.7 Å². The summed E-state index contributed by atoms with van der Waals surface area (Å²) < 4.78 is 18.9. The molecule has 1 fully saturated rings. The Bertz CT molecular complexity index is 662. The minimum absolute atomic E-state index is 0. The Morgan fingerprint density at radius 3 is 2.87 bits per heavy atom. The predicted molar refractivity (Wildman–Crippen MR) is 129 cm³/mol. The zero-order valence-electron chi connectivity index (χ0n) is 18.0. The van der Waals surface area contributed by atoms with Gasteiger partial charge in [-0.3, -0.25) is 9.79 Å². The lowest BCUT2D eigenvalue weighted by atomic mass is 10.1. The fraction of sp³-hybridized carbons (Fsp3) is 0.667. The van der Waals surface area contributed by atoms with E-state index in [-0.39, 0.29) is 41.8 Å². The molecule has 0 bridgehead atoms. The number of aliphatic imine (C=N–C) groups is 1. The number of guanidine groups is 1. The summed E-state index contributed by atoms with van der Waals surface area (Å²) in [6.45, 7) is 7.31. The molecule has 170 valence electrons. The standard InChI is InChI=1S/C21H34FN5O2.HI/c1-3-23-21(25-13-8-6-5-7-11-19(28)29-4-2)26-17-12-15-27(16-17)20-18(22)10-9-14-24-20;/h9-10,14,17H,3-8,11-13,15-16H2,1-2H3,(H2,23,25,26);1H. The van der Waals surface area contributed by atoms with Crippen LogP contribution in [0.1, 0.15) is 52.4 Å². The zero-order valence-corrected chi connectivity index (χ0v) is 20.4. The number of carbonyl (C=O) groups is 1. The number of unbranched alkanes of at least 4 members (excludes halogenated alkanes) is 3. The number of rotatable bonds is 11. The van der Waals surface area contributed by atoms with Crippen LogP contribution in [0, 0.1) is 5.82 Å². The average molecular weight is 535 g/mol. The van der Waals surface area contributed by atoms with Gasteiger partial charge in [-0.1, -0.05) is 12.8 Å².